The average molecular weight is 338 g/mol. The molecular formula is C22H26O3. The van der Waals surface area contributed by atoms with Gasteiger partial charge in [-0.15, -0.1) is 0 Å². The zero-order valence-corrected chi connectivity index (χ0v) is 15.2. The van der Waals surface area contributed by atoms with Crippen LogP contribution in [0.3, 0.4) is 0 Å². The Hall–Kier alpha value is -2.03. The highest BCUT2D eigenvalue weighted by atomic mass is 16.5. The van der Waals surface area contributed by atoms with Crippen molar-refractivity contribution in [3.8, 4) is 5.75 Å². The van der Waals surface area contributed by atoms with Crippen LogP contribution in [0.15, 0.2) is 36.4 Å². The Kier molecular flexibility index (Phi) is 3.78. The number of fused-ring (bicyclic) bond motifs is 2. The summed E-state index contributed by atoms with van der Waals surface area (Å²) in [6.45, 7) is 6.28. The summed E-state index contributed by atoms with van der Waals surface area (Å²) in [7, 11) is 0. The van der Waals surface area contributed by atoms with Crippen LogP contribution in [-0.4, -0.2) is 16.7 Å². The monoisotopic (exact) mass is 338 g/mol. The largest absolute Gasteiger partial charge is 0.487 e. The fourth-order valence-electron chi connectivity index (χ4n) is 5.13. The first kappa shape index (κ1) is 16.4. The summed E-state index contributed by atoms with van der Waals surface area (Å²) in [5.74, 6) is 1.53. The van der Waals surface area contributed by atoms with Crippen molar-refractivity contribution in [2.75, 3.05) is 0 Å². The van der Waals surface area contributed by atoms with Crippen molar-refractivity contribution in [1.29, 1.82) is 0 Å². The average Bonchev–Trinajstić information content (AvgIpc) is 3.05. The van der Waals surface area contributed by atoms with E-state index in [-0.39, 0.29) is 11.5 Å². The van der Waals surface area contributed by atoms with Crippen molar-refractivity contribution < 1.29 is 14.6 Å². The van der Waals surface area contributed by atoms with Gasteiger partial charge in [-0.1, -0.05) is 36.8 Å². The topological polar surface area (TPSA) is 46.5 Å². The number of hydrogen-bond acceptors (Lipinski definition) is 2. The third kappa shape index (κ3) is 2.80. The fraction of sp³-hybridized carbons (Fsp3) is 0.500. The molecule has 0 spiro atoms. The highest BCUT2D eigenvalue weighted by Gasteiger charge is 2.64. The number of carboxylic acid groups (broad SMARTS) is 1. The molecule has 0 amide bonds. The quantitative estimate of drug-likeness (QED) is 0.829. The first-order valence-electron chi connectivity index (χ1n) is 9.33. The lowest BCUT2D eigenvalue weighted by Crippen LogP contribution is -2.32. The molecule has 3 heteroatoms. The van der Waals surface area contributed by atoms with Gasteiger partial charge in [0.25, 0.3) is 0 Å². The van der Waals surface area contributed by atoms with Crippen molar-refractivity contribution >= 4 is 16.7 Å². The van der Waals surface area contributed by atoms with E-state index in [4.69, 9.17) is 4.74 Å². The number of rotatable bonds is 5. The summed E-state index contributed by atoms with van der Waals surface area (Å²) in [5.41, 5.74) is 1.05. The number of carboxylic acids is 1. The number of aryl methyl sites for hydroxylation is 1. The maximum atomic E-state index is 11.4. The van der Waals surface area contributed by atoms with Gasteiger partial charge in [0.2, 0.25) is 0 Å². The first-order chi connectivity index (χ1) is 11.9. The van der Waals surface area contributed by atoms with Gasteiger partial charge in [0.1, 0.15) is 11.4 Å². The Morgan fingerprint density at radius 2 is 2.00 bits per heavy atom. The zero-order valence-electron chi connectivity index (χ0n) is 15.2. The molecule has 2 aliphatic rings. The summed E-state index contributed by atoms with van der Waals surface area (Å²) in [6.07, 6.45) is 2.66. The van der Waals surface area contributed by atoms with Crippen LogP contribution in [0.2, 0.25) is 0 Å². The van der Waals surface area contributed by atoms with Crippen molar-refractivity contribution in [1.82, 2.24) is 0 Å². The molecule has 25 heavy (non-hydrogen) atoms. The van der Waals surface area contributed by atoms with Gasteiger partial charge < -0.3 is 9.84 Å². The van der Waals surface area contributed by atoms with E-state index < -0.39 is 5.97 Å². The number of aliphatic carboxylic acids is 1. The van der Waals surface area contributed by atoms with E-state index in [1.54, 1.807) is 0 Å². The molecule has 0 aromatic heterocycles. The smallest absolute Gasteiger partial charge is 0.306 e. The number of ether oxygens (including phenoxy) is 1. The molecule has 2 aromatic rings. The van der Waals surface area contributed by atoms with Gasteiger partial charge in [0.05, 0.1) is 5.92 Å². The number of carbonyl (C=O) groups is 1. The molecule has 5 atom stereocenters. The van der Waals surface area contributed by atoms with Crippen LogP contribution >= 0.6 is 0 Å². The number of benzene rings is 2. The van der Waals surface area contributed by atoms with Crippen molar-refractivity contribution in [2.24, 2.45) is 23.7 Å². The summed E-state index contributed by atoms with van der Waals surface area (Å²) in [4.78, 5) is 11.4. The van der Waals surface area contributed by atoms with Gasteiger partial charge >= 0.3 is 5.97 Å². The van der Waals surface area contributed by atoms with Gasteiger partial charge in [-0.2, -0.15) is 0 Å². The molecule has 1 N–H and O–H groups in total. The van der Waals surface area contributed by atoms with E-state index >= 15 is 0 Å². The second-order valence-electron chi connectivity index (χ2n) is 8.20. The minimum absolute atomic E-state index is 0.180. The van der Waals surface area contributed by atoms with E-state index in [2.05, 4.69) is 44.2 Å². The lowest BCUT2D eigenvalue weighted by atomic mass is 9.89. The van der Waals surface area contributed by atoms with Gasteiger partial charge in [-0.3, -0.25) is 4.79 Å². The summed E-state index contributed by atoms with van der Waals surface area (Å²) in [5, 5.41) is 11.8. The van der Waals surface area contributed by atoms with Gasteiger partial charge in [-0.05, 0) is 68.4 Å². The van der Waals surface area contributed by atoms with E-state index in [9.17, 15) is 9.90 Å². The normalized spacial score (nSPS) is 31.6. The van der Waals surface area contributed by atoms with Gasteiger partial charge in [-0.25, -0.2) is 0 Å². The van der Waals surface area contributed by atoms with E-state index in [0.29, 0.717) is 17.8 Å². The van der Waals surface area contributed by atoms with Crippen LogP contribution in [-0.2, 0) is 4.79 Å². The molecule has 2 aliphatic carbocycles. The van der Waals surface area contributed by atoms with Gasteiger partial charge in [0.15, 0.2) is 0 Å². The molecular weight excluding hydrogens is 312 g/mol. The molecule has 0 heterocycles. The summed E-state index contributed by atoms with van der Waals surface area (Å²) in [6, 6.07) is 12.7. The zero-order chi connectivity index (χ0) is 17.8. The van der Waals surface area contributed by atoms with Crippen LogP contribution < -0.4 is 4.74 Å². The Morgan fingerprint density at radius 3 is 2.64 bits per heavy atom. The molecule has 0 saturated heterocycles. The van der Waals surface area contributed by atoms with Crippen molar-refractivity contribution in [3.63, 3.8) is 0 Å². The predicted molar refractivity (Wildman–Crippen MR) is 98.8 cm³/mol. The first-order valence-corrected chi connectivity index (χ1v) is 9.33. The van der Waals surface area contributed by atoms with Gasteiger partial charge in [0, 0.05) is 5.39 Å². The molecule has 0 bridgehead atoms. The number of hydrogen-bond donors (Lipinski definition) is 1. The highest BCUT2D eigenvalue weighted by Crippen LogP contribution is 2.64. The van der Waals surface area contributed by atoms with Crippen molar-refractivity contribution in [2.45, 2.75) is 45.6 Å². The minimum atomic E-state index is -0.631. The van der Waals surface area contributed by atoms with Crippen LogP contribution in [0.5, 0.6) is 5.75 Å². The second kappa shape index (κ2) is 5.76. The highest BCUT2D eigenvalue weighted by molar-refractivity contribution is 5.88. The SMILES string of the molecule is CCC(C(=O)O)[C@H]1[C@@H]2C[C@@](C)(Oc3cccc4ccc(C)cc34)C[C@@H]21. The third-order valence-electron chi connectivity index (χ3n) is 6.31. The van der Waals surface area contributed by atoms with E-state index in [1.165, 1.54) is 10.9 Å². The lowest BCUT2D eigenvalue weighted by molar-refractivity contribution is -0.143. The molecule has 1 unspecified atom stereocenters. The van der Waals surface area contributed by atoms with Crippen LogP contribution in [0.4, 0.5) is 0 Å². The van der Waals surface area contributed by atoms with E-state index in [0.717, 1.165) is 30.4 Å². The molecule has 4 rings (SSSR count). The molecule has 0 aliphatic heterocycles. The molecule has 2 fully saturated rings. The summed E-state index contributed by atoms with van der Waals surface area (Å²) < 4.78 is 6.51. The molecule has 132 valence electrons. The van der Waals surface area contributed by atoms with Crippen LogP contribution in [0, 0.1) is 30.6 Å². The van der Waals surface area contributed by atoms with Crippen LogP contribution in [0.25, 0.3) is 10.8 Å². The Balaban J connectivity index is 1.52. The molecule has 2 saturated carbocycles. The predicted octanol–water partition coefficient (Wildman–Crippen LogP) is 5.05. The molecule has 3 nitrogen and oxygen atoms in total. The Labute approximate surface area is 149 Å². The minimum Gasteiger partial charge on any atom is -0.487 e. The summed E-state index contributed by atoms with van der Waals surface area (Å²) >= 11 is 0. The lowest BCUT2D eigenvalue weighted by Gasteiger charge is -2.30. The molecule has 0 radical (unpaired) electrons. The molecule has 2 aromatic carbocycles. The Morgan fingerprint density at radius 1 is 1.28 bits per heavy atom. The maximum Gasteiger partial charge on any atom is 0.306 e. The van der Waals surface area contributed by atoms with Crippen LogP contribution in [0.1, 0.15) is 38.7 Å². The Bertz CT molecular complexity index is 813. The second-order valence-corrected chi connectivity index (χ2v) is 8.20. The fourth-order valence-corrected chi connectivity index (χ4v) is 5.13. The van der Waals surface area contributed by atoms with E-state index in [1.807, 2.05) is 13.0 Å². The third-order valence-corrected chi connectivity index (χ3v) is 6.31. The maximum absolute atomic E-state index is 11.4. The van der Waals surface area contributed by atoms with Crippen molar-refractivity contribution in [3.05, 3.63) is 42.0 Å². The standard InChI is InChI=1S/C22H26O3/c1-4-15(21(23)24)20-17-11-22(3,12-18(17)20)25-19-7-5-6-14-9-8-13(2)10-16(14)19/h5-10,15,17-18,20H,4,11-12H2,1-3H3,(H,23,24)/t15?,17-,18+,20+,22-.